The first-order chi connectivity index (χ1) is 19.2. The van der Waals surface area contributed by atoms with E-state index in [-0.39, 0.29) is 12.1 Å². The van der Waals surface area contributed by atoms with Gasteiger partial charge >= 0.3 is 5.97 Å². The summed E-state index contributed by atoms with van der Waals surface area (Å²) in [6.45, 7) is 5.05. The van der Waals surface area contributed by atoms with Gasteiger partial charge in [0.05, 0.1) is 12.7 Å². The molecule has 0 aliphatic rings. The lowest BCUT2D eigenvalue weighted by Crippen LogP contribution is -2.05. The van der Waals surface area contributed by atoms with E-state index in [1.54, 1.807) is 0 Å². The van der Waals surface area contributed by atoms with Gasteiger partial charge < -0.3 is 9.84 Å². The predicted molar refractivity (Wildman–Crippen MR) is 171 cm³/mol. The molecule has 0 saturated heterocycles. The molecule has 0 spiro atoms. The van der Waals surface area contributed by atoms with E-state index in [9.17, 15) is 9.90 Å². The summed E-state index contributed by atoms with van der Waals surface area (Å²) in [6.07, 6.45) is 39.3. The molecule has 0 heterocycles. The number of unbranched alkanes of at least 4 members (excludes halogenated alkanes) is 25. The highest BCUT2D eigenvalue weighted by Gasteiger charge is 2.03. The van der Waals surface area contributed by atoms with Crippen molar-refractivity contribution < 1.29 is 14.6 Å². The van der Waals surface area contributed by atoms with Gasteiger partial charge in [0.15, 0.2) is 0 Å². The first-order valence-corrected chi connectivity index (χ1v) is 18.0. The highest BCUT2D eigenvalue weighted by atomic mass is 16.5. The number of carbonyl (C=O) groups is 1. The molecule has 1 N–H and O–H groups in total. The van der Waals surface area contributed by atoms with Crippen LogP contribution in [0.25, 0.3) is 0 Å². The van der Waals surface area contributed by atoms with Crippen LogP contribution < -0.4 is 0 Å². The molecule has 0 aromatic carbocycles. The fourth-order valence-electron chi connectivity index (χ4n) is 5.63. The van der Waals surface area contributed by atoms with Crippen molar-refractivity contribution in [3.8, 4) is 0 Å². The quantitative estimate of drug-likeness (QED) is 0.0650. The minimum Gasteiger partial charge on any atom is -0.466 e. The number of aliphatic hydroxyl groups is 1. The van der Waals surface area contributed by atoms with Crippen molar-refractivity contribution in [3.63, 3.8) is 0 Å². The average molecular weight is 553 g/mol. The molecular weight excluding hydrogens is 480 g/mol. The zero-order valence-electron chi connectivity index (χ0n) is 27.0. The standard InChI is InChI=1S/C36H72O3/c1-3-5-6-7-8-9-10-11-12-13-14-18-21-24-27-30-34-39-36(38)33-29-26-23-20-17-15-16-19-22-25-28-32-35(37)31-4-2/h35,37H,3-34H2,1-2H3. The fraction of sp³-hybridized carbons (Fsp3) is 0.972. The Bertz CT molecular complexity index is 464. The lowest BCUT2D eigenvalue weighted by atomic mass is 10.0. The first kappa shape index (κ1) is 38.4. The maximum Gasteiger partial charge on any atom is 0.305 e. The summed E-state index contributed by atoms with van der Waals surface area (Å²) in [5.41, 5.74) is 0. The Kier molecular flexibility index (Phi) is 33.1. The van der Waals surface area contributed by atoms with Gasteiger partial charge in [-0.1, -0.05) is 181 Å². The van der Waals surface area contributed by atoms with Crippen LogP contribution in [0.3, 0.4) is 0 Å². The molecule has 0 fully saturated rings. The van der Waals surface area contributed by atoms with Gasteiger partial charge in [-0.2, -0.15) is 0 Å². The van der Waals surface area contributed by atoms with E-state index >= 15 is 0 Å². The molecule has 0 aromatic rings. The Labute approximate surface area is 246 Å². The molecule has 3 heteroatoms. The first-order valence-electron chi connectivity index (χ1n) is 18.0. The molecule has 0 radical (unpaired) electrons. The van der Waals surface area contributed by atoms with E-state index in [2.05, 4.69) is 13.8 Å². The minimum atomic E-state index is -0.0690. The van der Waals surface area contributed by atoms with Gasteiger partial charge in [0.25, 0.3) is 0 Å². The van der Waals surface area contributed by atoms with E-state index < -0.39 is 0 Å². The number of esters is 1. The largest absolute Gasteiger partial charge is 0.466 e. The third-order valence-electron chi connectivity index (χ3n) is 8.30. The van der Waals surface area contributed by atoms with Crippen molar-refractivity contribution >= 4 is 5.97 Å². The fourth-order valence-corrected chi connectivity index (χ4v) is 5.63. The van der Waals surface area contributed by atoms with Crippen LogP contribution in [0, 0.1) is 0 Å². The van der Waals surface area contributed by atoms with Gasteiger partial charge in [0, 0.05) is 6.42 Å². The molecule has 0 aliphatic heterocycles. The maximum atomic E-state index is 11.9. The van der Waals surface area contributed by atoms with E-state index in [1.165, 1.54) is 154 Å². The normalized spacial score (nSPS) is 12.2. The highest BCUT2D eigenvalue weighted by Crippen LogP contribution is 2.15. The van der Waals surface area contributed by atoms with Gasteiger partial charge in [-0.25, -0.2) is 0 Å². The highest BCUT2D eigenvalue weighted by molar-refractivity contribution is 5.69. The van der Waals surface area contributed by atoms with Gasteiger partial charge in [-0.15, -0.1) is 0 Å². The van der Waals surface area contributed by atoms with Gasteiger partial charge in [0.2, 0.25) is 0 Å². The van der Waals surface area contributed by atoms with Crippen molar-refractivity contribution in [1.29, 1.82) is 0 Å². The van der Waals surface area contributed by atoms with E-state index in [4.69, 9.17) is 4.74 Å². The van der Waals surface area contributed by atoms with Crippen LogP contribution in [-0.2, 0) is 9.53 Å². The predicted octanol–water partition coefficient (Wildman–Crippen LogP) is 12.0. The summed E-state index contributed by atoms with van der Waals surface area (Å²) in [6, 6.07) is 0. The number of hydrogen-bond acceptors (Lipinski definition) is 3. The third kappa shape index (κ3) is 33.5. The Balaban J connectivity index is 3.17. The number of carbonyl (C=O) groups excluding carboxylic acids is 1. The molecule has 39 heavy (non-hydrogen) atoms. The number of hydrogen-bond donors (Lipinski definition) is 1. The Morgan fingerprint density at radius 2 is 0.821 bits per heavy atom. The third-order valence-corrected chi connectivity index (χ3v) is 8.30. The summed E-state index contributed by atoms with van der Waals surface area (Å²) < 4.78 is 5.43. The SMILES string of the molecule is CCCCCCCCCCCCCCCCCCOC(=O)CCCCCCCCCCCCCC(O)CCC. The monoisotopic (exact) mass is 553 g/mol. The van der Waals surface area contributed by atoms with Crippen LogP contribution in [0.1, 0.15) is 213 Å². The van der Waals surface area contributed by atoms with Crippen molar-refractivity contribution in [2.75, 3.05) is 6.61 Å². The second-order valence-electron chi connectivity index (χ2n) is 12.4. The molecular formula is C36H72O3. The van der Waals surface area contributed by atoms with E-state index in [0.29, 0.717) is 13.0 Å². The van der Waals surface area contributed by atoms with Gasteiger partial charge in [0.1, 0.15) is 0 Å². The molecule has 0 saturated carbocycles. The van der Waals surface area contributed by atoms with Crippen LogP contribution in [0.4, 0.5) is 0 Å². The van der Waals surface area contributed by atoms with Crippen LogP contribution >= 0.6 is 0 Å². The van der Waals surface area contributed by atoms with Crippen LogP contribution in [-0.4, -0.2) is 23.8 Å². The zero-order valence-corrected chi connectivity index (χ0v) is 27.0. The summed E-state index contributed by atoms with van der Waals surface area (Å²) in [5, 5.41) is 9.75. The number of rotatable bonds is 33. The molecule has 0 bridgehead atoms. The lowest BCUT2D eigenvalue weighted by Gasteiger charge is -2.08. The Morgan fingerprint density at radius 3 is 1.23 bits per heavy atom. The summed E-state index contributed by atoms with van der Waals surface area (Å²) >= 11 is 0. The molecule has 0 rings (SSSR count). The molecule has 0 amide bonds. The summed E-state index contributed by atoms with van der Waals surface area (Å²) in [7, 11) is 0. The summed E-state index contributed by atoms with van der Waals surface area (Å²) in [4.78, 5) is 11.9. The number of ether oxygens (including phenoxy) is 1. The van der Waals surface area contributed by atoms with Gasteiger partial charge in [-0.05, 0) is 25.7 Å². The van der Waals surface area contributed by atoms with Crippen molar-refractivity contribution in [2.45, 2.75) is 219 Å². The lowest BCUT2D eigenvalue weighted by molar-refractivity contribution is -0.143. The topological polar surface area (TPSA) is 46.5 Å². The van der Waals surface area contributed by atoms with E-state index in [1.807, 2.05) is 0 Å². The Hall–Kier alpha value is -0.570. The molecule has 3 nitrogen and oxygen atoms in total. The van der Waals surface area contributed by atoms with E-state index in [0.717, 1.165) is 38.5 Å². The van der Waals surface area contributed by atoms with Crippen molar-refractivity contribution in [1.82, 2.24) is 0 Å². The minimum absolute atomic E-state index is 0.0122. The smallest absolute Gasteiger partial charge is 0.305 e. The van der Waals surface area contributed by atoms with Crippen LogP contribution in [0.15, 0.2) is 0 Å². The second kappa shape index (κ2) is 33.6. The second-order valence-corrected chi connectivity index (χ2v) is 12.4. The Morgan fingerprint density at radius 1 is 0.462 bits per heavy atom. The molecule has 1 atom stereocenters. The number of aliphatic hydroxyl groups excluding tert-OH is 1. The van der Waals surface area contributed by atoms with Gasteiger partial charge in [-0.3, -0.25) is 4.79 Å². The molecule has 0 aliphatic carbocycles. The molecule has 234 valence electrons. The van der Waals surface area contributed by atoms with Crippen LogP contribution in [0.5, 0.6) is 0 Å². The van der Waals surface area contributed by atoms with Crippen LogP contribution in [0.2, 0.25) is 0 Å². The molecule has 0 aromatic heterocycles. The summed E-state index contributed by atoms with van der Waals surface area (Å²) in [5.74, 6) is 0.0122. The van der Waals surface area contributed by atoms with Crippen molar-refractivity contribution in [2.24, 2.45) is 0 Å². The average Bonchev–Trinajstić information content (AvgIpc) is 2.93. The zero-order chi connectivity index (χ0) is 28.5. The maximum absolute atomic E-state index is 11.9. The van der Waals surface area contributed by atoms with Crippen molar-refractivity contribution in [3.05, 3.63) is 0 Å². The molecule has 1 unspecified atom stereocenters.